The highest BCUT2D eigenvalue weighted by Crippen LogP contribution is 2.37. The van der Waals surface area contributed by atoms with Gasteiger partial charge in [0.25, 0.3) is 0 Å². The van der Waals surface area contributed by atoms with Crippen LogP contribution < -0.4 is 9.84 Å². The van der Waals surface area contributed by atoms with Crippen LogP contribution in [0.4, 0.5) is 0 Å². The molecule has 0 saturated carbocycles. The Morgan fingerprint density at radius 1 is 1.07 bits per heavy atom. The van der Waals surface area contributed by atoms with Crippen LogP contribution in [0.25, 0.3) is 0 Å². The number of esters is 2. The highest BCUT2D eigenvalue weighted by Gasteiger charge is 2.40. The molecule has 0 fully saturated rings. The number of hydrogen-bond donors (Lipinski definition) is 0. The van der Waals surface area contributed by atoms with Crippen molar-refractivity contribution >= 4 is 17.7 Å². The number of rotatable bonds is 9. The van der Waals surface area contributed by atoms with Crippen molar-refractivity contribution in [2.75, 3.05) is 20.3 Å². The predicted molar refractivity (Wildman–Crippen MR) is 95.9 cm³/mol. The zero-order valence-corrected chi connectivity index (χ0v) is 16.2. The molecule has 27 heavy (non-hydrogen) atoms. The summed E-state index contributed by atoms with van der Waals surface area (Å²) >= 11 is 0. The Labute approximate surface area is 158 Å². The van der Waals surface area contributed by atoms with E-state index in [0.29, 0.717) is 11.3 Å². The van der Waals surface area contributed by atoms with Gasteiger partial charge in [-0.2, -0.15) is 0 Å². The average Bonchev–Trinajstić information content (AvgIpc) is 2.61. The Kier molecular flexibility index (Phi) is 8.51. The van der Waals surface area contributed by atoms with Gasteiger partial charge < -0.3 is 19.3 Å². The van der Waals surface area contributed by atoms with Crippen LogP contribution >= 0.6 is 0 Å². The van der Waals surface area contributed by atoms with Crippen LogP contribution in [0, 0.1) is 5.92 Å². The van der Waals surface area contributed by atoms with Gasteiger partial charge in [0, 0.05) is 11.5 Å². The van der Waals surface area contributed by atoms with Crippen LogP contribution in [0.5, 0.6) is 5.75 Å². The Balaban J connectivity index is 3.68. The Bertz CT molecular complexity index is 717. The average molecular weight is 377 g/mol. The molecule has 2 atom stereocenters. The van der Waals surface area contributed by atoms with Gasteiger partial charge >= 0.3 is 11.9 Å². The largest absolute Gasteiger partial charge is 0.875 e. The van der Waals surface area contributed by atoms with E-state index in [1.807, 2.05) is 0 Å². The first-order chi connectivity index (χ1) is 12.8. The summed E-state index contributed by atoms with van der Waals surface area (Å²) in [6.07, 6.45) is 0. The number of Topliss-reactive ketones (excluding diaryl/α,β-unsaturated/α-hetero) is 1. The van der Waals surface area contributed by atoms with E-state index in [-0.39, 0.29) is 18.8 Å². The summed E-state index contributed by atoms with van der Waals surface area (Å²) in [5.41, 5.74) is 0.124. The third-order valence-corrected chi connectivity index (χ3v) is 3.95. The maximum Gasteiger partial charge on any atom is 0.333 e. The quantitative estimate of drug-likeness (QED) is 0.279. The van der Waals surface area contributed by atoms with E-state index < -0.39 is 35.3 Å². The fourth-order valence-electron chi connectivity index (χ4n) is 2.83. The van der Waals surface area contributed by atoms with Crippen molar-refractivity contribution in [3.63, 3.8) is 0 Å². The summed E-state index contributed by atoms with van der Waals surface area (Å²) < 4.78 is 15.2. The Morgan fingerprint density at radius 2 is 1.70 bits per heavy atom. The highest BCUT2D eigenvalue weighted by molar-refractivity contribution is 6.02. The van der Waals surface area contributed by atoms with E-state index >= 15 is 0 Å². The minimum Gasteiger partial charge on any atom is -0.875 e. The van der Waals surface area contributed by atoms with Gasteiger partial charge in [-0.1, -0.05) is 19.1 Å². The smallest absolute Gasteiger partial charge is 0.333 e. The fraction of sp³-hybridized carbons (Fsp3) is 0.450. The van der Waals surface area contributed by atoms with Crippen LogP contribution in [0.2, 0.25) is 0 Å². The Morgan fingerprint density at radius 3 is 2.19 bits per heavy atom. The minimum absolute atomic E-state index is 0.0462. The molecule has 0 aliphatic carbocycles. The van der Waals surface area contributed by atoms with Gasteiger partial charge in [0.15, 0.2) is 0 Å². The summed E-state index contributed by atoms with van der Waals surface area (Å²) in [4.78, 5) is 37.3. The van der Waals surface area contributed by atoms with Crippen molar-refractivity contribution in [2.45, 2.75) is 33.6 Å². The molecule has 0 radical (unpaired) electrons. The normalized spacial score (nSPS) is 13.8. The third kappa shape index (κ3) is 5.57. The molecule has 1 aromatic carbocycles. The van der Waals surface area contributed by atoms with Crippen LogP contribution in [0.1, 0.15) is 39.2 Å². The van der Waals surface area contributed by atoms with Gasteiger partial charge in [0.05, 0.1) is 20.3 Å². The van der Waals surface area contributed by atoms with Crippen LogP contribution in [-0.4, -0.2) is 38.0 Å². The summed E-state index contributed by atoms with van der Waals surface area (Å²) in [5, 5.41) is 12.3. The molecule has 2 unspecified atom stereocenters. The molecule has 1 rings (SSSR count). The highest BCUT2D eigenvalue weighted by atomic mass is 16.5. The number of ketones is 1. The molecular formula is C20H25O7-. The molecule has 0 aliphatic heterocycles. The molecule has 0 N–H and O–H groups in total. The summed E-state index contributed by atoms with van der Waals surface area (Å²) in [5.74, 6) is -4.83. The van der Waals surface area contributed by atoms with Crippen LogP contribution in [0.3, 0.4) is 0 Å². The van der Waals surface area contributed by atoms with Crippen LogP contribution in [0.15, 0.2) is 35.6 Å². The second-order valence-electron chi connectivity index (χ2n) is 5.78. The first-order valence-corrected chi connectivity index (χ1v) is 8.64. The molecule has 0 spiro atoms. The maximum atomic E-state index is 12.5. The number of carbonyl (C=O) groups is 3. The lowest BCUT2D eigenvalue weighted by atomic mass is 9.77. The van der Waals surface area contributed by atoms with E-state index in [0.717, 1.165) is 0 Å². The van der Waals surface area contributed by atoms with Crippen molar-refractivity contribution in [1.29, 1.82) is 0 Å². The molecule has 0 amide bonds. The predicted octanol–water partition coefficient (Wildman–Crippen LogP) is 1.74. The molecule has 7 nitrogen and oxygen atoms in total. The summed E-state index contributed by atoms with van der Waals surface area (Å²) in [7, 11) is 1.46. The van der Waals surface area contributed by atoms with Crippen molar-refractivity contribution < 1.29 is 33.7 Å². The Hall–Kier alpha value is -2.83. The molecule has 0 bridgehead atoms. The number of allylic oxidation sites excluding steroid dienone is 1. The monoisotopic (exact) mass is 377 g/mol. The lowest BCUT2D eigenvalue weighted by Crippen LogP contribution is -2.35. The number of ether oxygens (including phenoxy) is 3. The van der Waals surface area contributed by atoms with Gasteiger partial charge in [0.1, 0.15) is 17.5 Å². The molecule has 0 saturated heterocycles. The van der Waals surface area contributed by atoms with E-state index in [2.05, 4.69) is 0 Å². The van der Waals surface area contributed by atoms with Gasteiger partial charge in [-0.05, 0) is 38.5 Å². The van der Waals surface area contributed by atoms with Gasteiger partial charge in [-0.25, -0.2) is 4.79 Å². The summed E-state index contributed by atoms with van der Waals surface area (Å²) in [6, 6.07) is 6.50. The van der Waals surface area contributed by atoms with E-state index in [1.165, 1.54) is 21.0 Å². The van der Waals surface area contributed by atoms with E-state index in [1.54, 1.807) is 38.1 Å². The van der Waals surface area contributed by atoms with Crippen molar-refractivity contribution in [3.8, 4) is 5.75 Å². The molecule has 0 heterocycles. The zero-order valence-electron chi connectivity index (χ0n) is 16.2. The lowest BCUT2D eigenvalue weighted by molar-refractivity contribution is -0.303. The second kappa shape index (κ2) is 10.4. The molecule has 7 heteroatoms. The van der Waals surface area contributed by atoms with Gasteiger partial charge in [-0.3, -0.25) is 9.59 Å². The van der Waals surface area contributed by atoms with Gasteiger partial charge in [-0.15, -0.1) is 5.76 Å². The topological polar surface area (TPSA) is 102 Å². The summed E-state index contributed by atoms with van der Waals surface area (Å²) in [6.45, 7) is 5.73. The second-order valence-corrected chi connectivity index (χ2v) is 5.78. The van der Waals surface area contributed by atoms with Gasteiger partial charge in [0.2, 0.25) is 0 Å². The number of carbonyl (C=O) groups excluding carboxylic acids is 3. The minimum atomic E-state index is -1.36. The molecule has 0 aromatic heterocycles. The first kappa shape index (κ1) is 22.2. The SMILES string of the molecule is CCOC(=O)/C(=C(\C)[O-])C(c1cccc(OC)c1)C(C(C)=O)C(=O)OCC. The molecule has 148 valence electrons. The van der Waals surface area contributed by atoms with E-state index in [4.69, 9.17) is 14.2 Å². The van der Waals surface area contributed by atoms with Crippen LogP contribution in [-0.2, 0) is 23.9 Å². The third-order valence-electron chi connectivity index (χ3n) is 3.95. The molecular weight excluding hydrogens is 352 g/mol. The fourth-order valence-corrected chi connectivity index (χ4v) is 2.83. The molecule has 1 aromatic rings. The lowest BCUT2D eigenvalue weighted by Gasteiger charge is -2.29. The number of benzene rings is 1. The zero-order chi connectivity index (χ0) is 20.6. The van der Waals surface area contributed by atoms with Crippen molar-refractivity contribution in [1.82, 2.24) is 0 Å². The number of hydrogen-bond acceptors (Lipinski definition) is 7. The van der Waals surface area contributed by atoms with Crippen molar-refractivity contribution in [2.24, 2.45) is 5.92 Å². The molecule has 0 aliphatic rings. The maximum absolute atomic E-state index is 12.5. The van der Waals surface area contributed by atoms with Crippen molar-refractivity contribution in [3.05, 3.63) is 41.2 Å². The number of methoxy groups -OCH3 is 1. The standard InChI is InChI=1S/C20H26O7/c1-6-26-19(23)16(12(3)21)18(14-9-8-10-15(11-14)25-5)17(13(4)22)20(24)27-7-2/h8-11,16,18,22H,6-7H2,1-5H3/p-1/b17-13+. The first-order valence-electron chi connectivity index (χ1n) is 8.64. The van der Waals surface area contributed by atoms with E-state index in [9.17, 15) is 19.5 Å².